The van der Waals surface area contributed by atoms with Crippen molar-refractivity contribution in [3.05, 3.63) is 135 Å². The number of amides is 1. The van der Waals surface area contributed by atoms with E-state index in [0.29, 0.717) is 17.1 Å². The molecule has 0 spiro atoms. The van der Waals surface area contributed by atoms with Crippen LogP contribution in [-0.4, -0.2) is 34.0 Å². The van der Waals surface area contributed by atoms with Gasteiger partial charge < -0.3 is 9.47 Å². The summed E-state index contributed by atoms with van der Waals surface area (Å²) in [5.41, 5.74) is 0.180. The van der Waals surface area contributed by atoms with Gasteiger partial charge in [-0.1, -0.05) is 54.6 Å². The molecular weight excluding hydrogens is 585 g/mol. The lowest BCUT2D eigenvalue weighted by Crippen LogP contribution is -2.59. The number of benzene rings is 4. The van der Waals surface area contributed by atoms with E-state index in [9.17, 15) is 19.7 Å². The summed E-state index contributed by atoms with van der Waals surface area (Å²) >= 11 is 2.97. The molecule has 0 N–H and O–H groups in total. The van der Waals surface area contributed by atoms with Gasteiger partial charge in [0, 0.05) is 61.1 Å². The van der Waals surface area contributed by atoms with E-state index in [-0.39, 0.29) is 11.3 Å². The highest BCUT2D eigenvalue weighted by atomic mass is 32.1. The summed E-state index contributed by atoms with van der Waals surface area (Å²) in [7, 11) is 0. The minimum Gasteiger partial charge on any atom is -0.434 e. The van der Waals surface area contributed by atoms with Gasteiger partial charge in [-0.2, -0.15) is 0 Å². The van der Waals surface area contributed by atoms with Gasteiger partial charge in [0.05, 0.1) is 11.5 Å². The standard InChI is InChI=1S/C33H24N2O6S2/c1-33(40-28-20-42-30-16-7-5-14-25(28)30,41-29-21-43-31-17-8-6-15-26(29)31)34(32(37)22-10-3-2-4-11-22)19-27(36)23-12-9-13-24(18-23)35(38)39/h2-18,20-21H,19H2,1H3. The molecule has 0 fully saturated rings. The fraction of sp³-hybridized carbons (Fsp3) is 0.0909. The number of non-ortho nitro benzene ring substituents is 1. The summed E-state index contributed by atoms with van der Waals surface area (Å²) in [6.07, 6.45) is 0. The lowest BCUT2D eigenvalue weighted by atomic mass is 10.1. The highest BCUT2D eigenvalue weighted by molar-refractivity contribution is 7.17. The second kappa shape index (κ2) is 11.7. The number of hydrogen-bond donors (Lipinski definition) is 0. The predicted molar refractivity (Wildman–Crippen MR) is 168 cm³/mol. The zero-order chi connectivity index (χ0) is 30.0. The van der Waals surface area contributed by atoms with Crippen LogP contribution >= 0.6 is 22.7 Å². The lowest BCUT2D eigenvalue weighted by molar-refractivity contribution is -0.384. The van der Waals surface area contributed by atoms with E-state index in [0.717, 1.165) is 20.2 Å². The van der Waals surface area contributed by atoms with Gasteiger partial charge in [-0.15, -0.1) is 22.7 Å². The van der Waals surface area contributed by atoms with Gasteiger partial charge in [0.25, 0.3) is 11.6 Å². The Morgan fingerprint density at radius 1 is 0.767 bits per heavy atom. The molecule has 0 atom stereocenters. The van der Waals surface area contributed by atoms with Crippen molar-refractivity contribution in [2.45, 2.75) is 12.8 Å². The summed E-state index contributed by atoms with van der Waals surface area (Å²) in [5, 5.41) is 16.7. The smallest absolute Gasteiger partial charge is 0.338 e. The third-order valence-corrected chi connectivity index (χ3v) is 8.81. The zero-order valence-electron chi connectivity index (χ0n) is 22.8. The van der Waals surface area contributed by atoms with Gasteiger partial charge in [0.1, 0.15) is 11.5 Å². The van der Waals surface area contributed by atoms with Crippen LogP contribution in [0.4, 0.5) is 5.69 Å². The van der Waals surface area contributed by atoms with Crippen LogP contribution in [0.5, 0.6) is 11.5 Å². The average Bonchev–Trinajstić information content (AvgIpc) is 3.63. The number of nitro groups is 1. The minimum atomic E-state index is -1.82. The Bertz CT molecular complexity index is 1890. The Kier molecular flexibility index (Phi) is 7.62. The number of Topliss-reactive ketones (excluding diaryl/α,β-unsaturated/α-hetero) is 1. The van der Waals surface area contributed by atoms with Crippen LogP contribution < -0.4 is 9.47 Å². The first-order valence-corrected chi connectivity index (χ1v) is 15.0. The maximum absolute atomic E-state index is 14.2. The number of hydrogen-bond acceptors (Lipinski definition) is 8. The van der Waals surface area contributed by atoms with Gasteiger partial charge in [-0.3, -0.25) is 24.6 Å². The van der Waals surface area contributed by atoms with E-state index in [2.05, 4.69) is 0 Å². The zero-order valence-corrected chi connectivity index (χ0v) is 24.5. The molecule has 8 nitrogen and oxygen atoms in total. The quantitative estimate of drug-likeness (QED) is 0.0673. The van der Waals surface area contributed by atoms with Crippen LogP contribution in [0.2, 0.25) is 0 Å². The van der Waals surface area contributed by atoms with E-state index in [1.165, 1.54) is 51.8 Å². The van der Waals surface area contributed by atoms with Gasteiger partial charge in [0.15, 0.2) is 5.78 Å². The predicted octanol–water partition coefficient (Wildman–Crippen LogP) is 8.18. The highest BCUT2D eigenvalue weighted by Gasteiger charge is 2.43. The Morgan fingerprint density at radius 3 is 1.88 bits per heavy atom. The number of carbonyl (C=O) groups excluding carboxylic acids is 2. The van der Waals surface area contributed by atoms with Crippen molar-refractivity contribution in [1.82, 2.24) is 4.90 Å². The molecule has 2 aromatic heterocycles. The molecule has 10 heteroatoms. The largest absolute Gasteiger partial charge is 0.434 e. The summed E-state index contributed by atoms with van der Waals surface area (Å²) in [5.74, 6) is -1.89. The molecule has 6 rings (SSSR count). The fourth-order valence-electron chi connectivity index (χ4n) is 4.77. The number of fused-ring (bicyclic) bond motifs is 2. The average molecular weight is 609 g/mol. The molecule has 0 aliphatic carbocycles. The van der Waals surface area contributed by atoms with E-state index in [1.54, 1.807) is 37.3 Å². The number of rotatable bonds is 10. The minimum absolute atomic E-state index is 0.0874. The Morgan fingerprint density at radius 2 is 1.30 bits per heavy atom. The molecular formula is C33H24N2O6S2. The van der Waals surface area contributed by atoms with Gasteiger partial charge in [-0.25, -0.2) is 0 Å². The molecule has 2 heterocycles. The molecule has 43 heavy (non-hydrogen) atoms. The van der Waals surface area contributed by atoms with E-state index in [1.807, 2.05) is 59.3 Å². The number of nitro benzene ring substituents is 1. The summed E-state index contributed by atoms with van der Waals surface area (Å²) in [6, 6.07) is 29.4. The van der Waals surface area contributed by atoms with E-state index in [4.69, 9.17) is 9.47 Å². The Hall–Kier alpha value is -5.06. The Balaban J connectivity index is 1.48. The maximum atomic E-state index is 14.2. The van der Waals surface area contributed by atoms with Crippen molar-refractivity contribution in [3.8, 4) is 11.5 Å². The fourth-order valence-corrected chi connectivity index (χ4v) is 6.49. The van der Waals surface area contributed by atoms with Crippen molar-refractivity contribution < 1.29 is 24.0 Å². The first-order chi connectivity index (χ1) is 20.8. The number of carbonyl (C=O) groups is 2. The monoisotopic (exact) mass is 608 g/mol. The third-order valence-electron chi connectivity index (χ3n) is 6.93. The number of ketones is 1. The molecule has 0 saturated carbocycles. The van der Waals surface area contributed by atoms with Crippen LogP contribution in [0.3, 0.4) is 0 Å². The van der Waals surface area contributed by atoms with Crippen LogP contribution in [0.15, 0.2) is 114 Å². The van der Waals surface area contributed by atoms with Crippen molar-refractivity contribution in [1.29, 1.82) is 0 Å². The first kappa shape index (κ1) is 28.1. The molecule has 0 aliphatic heterocycles. The van der Waals surface area contributed by atoms with Crippen LogP contribution in [-0.2, 0) is 0 Å². The molecule has 214 valence electrons. The molecule has 0 saturated heterocycles. The second-order valence-electron chi connectivity index (χ2n) is 9.78. The van der Waals surface area contributed by atoms with Crippen molar-refractivity contribution >= 4 is 60.2 Å². The number of nitrogens with zero attached hydrogens (tertiary/aromatic N) is 2. The van der Waals surface area contributed by atoms with Crippen LogP contribution in [0, 0.1) is 10.1 Å². The maximum Gasteiger partial charge on any atom is 0.338 e. The molecule has 0 bridgehead atoms. The molecule has 0 aliphatic rings. The summed E-state index contributed by atoms with van der Waals surface area (Å²) < 4.78 is 15.2. The van der Waals surface area contributed by atoms with Crippen molar-refractivity contribution in [2.75, 3.05) is 6.54 Å². The lowest BCUT2D eigenvalue weighted by Gasteiger charge is -2.40. The van der Waals surface area contributed by atoms with Gasteiger partial charge in [-0.05, 0) is 36.4 Å². The van der Waals surface area contributed by atoms with E-state index < -0.39 is 29.1 Å². The molecule has 4 aromatic carbocycles. The normalized spacial score (nSPS) is 11.4. The van der Waals surface area contributed by atoms with E-state index >= 15 is 0 Å². The molecule has 0 unspecified atom stereocenters. The first-order valence-electron chi connectivity index (χ1n) is 13.3. The number of ether oxygens (including phenoxy) is 2. The summed E-state index contributed by atoms with van der Waals surface area (Å²) in [4.78, 5) is 40.0. The third kappa shape index (κ3) is 5.70. The van der Waals surface area contributed by atoms with Crippen molar-refractivity contribution in [2.24, 2.45) is 0 Å². The van der Waals surface area contributed by atoms with Crippen LogP contribution in [0.1, 0.15) is 27.6 Å². The summed E-state index contributed by atoms with van der Waals surface area (Å²) in [6.45, 7) is 1.13. The van der Waals surface area contributed by atoms with Crippen LogP contribution in [0.25, 0.3) is 20.2 Å². The second-order valence-corrected chi connectivity index (χ2v) is 11.6. The number of thiophene rings is 2. The molecule has 0 radical (unpaired) electrons. The van der Waals surface area contributed by atoms with Crippen molar-refractivity contribution in [3.63, 3.8) is 0 Å². The topological polar surface area (TPSA) is 99.0 Å². The molecule has 6 aromatic rings. The highest BCUT2D eigenvalue weighted by Crippen LogP contribution is 2.39. The Labute approximate surface area is 254 Å². The van der Waals surface area contributed by atoms with Gasteiger partial charge >= 0.3 is 5.91 Å². The SMILES string of the molecule is CC(Oc1csc2ccccc12)(Oc1csc2ccccc12)N(CC(=O)c1cccc([N+](=O)[O-])c1)C(=O)c1ccccc1. The molecule has 1 amide bonds. The van der Waals surface area contributed by atoms with Gasteiger partial charge in [0.2, 0.25) is 0 Å².